The largest absolute Gasteiger partial charge is 0.427 e. The van der Waals surface area contributed by atoms with E-state index in [2.05, 4.69) is 10.3 Å². The molecule has 4 heteroatoms. The van der Waals surface area contributed by atoms with E-state index in [0.717, 1.165) is 16.8 Å². The number of nitriles is 1. The number of aromatic nitrogens is 1. The van der Waals surface area contributed by atoms with E-state index in [1.165, 1.54) is 0 Å². The molecule has 0 radical (unpaired) electrons. The van der Waals surface area contributed by atoms with Gasteiger partial charge in [-0.3, -0.25) is 0 Å². The Morgan fingerprint density at radius 2 is 1.88 bits per heavy atom. The van der Waals surface area contributed by atoms with Crippen LogP contribution in [0, 0.1) is 32.1 Å². The lowest BCUT2D eigenvalue weighted by Gasteiger charge is -2.08. The molecule has 0 bridgehead atoms. The third-order valence-corrected chi connectivity index (χ3v) is 2.62. The van der Waals surface area contributed by atoms with Crippen LogP contribution in [0.3, 0.4) is 0 Å². The molecule has 0 saturated heterocycles. The van der Waals surface area contributed by atoms with Crippen molar-refractivity contribution in [3.05, 3.63) is 40.8 Å². The maximum absolute atomic E-state index is 8.81. The SMILES string of the molecule is Cc1cccc(C)c1Nc1nc(C#N)c(C)o1. The van der Waals surface area contributed by atoms with E-state index in [-0.39, 0.29) is 0 Å². The molecule has 0 atom stereocenters. The summed E-state index contributed by atoms with van der Waals surface area (Å²) < 4.78 is 5.37. The number of hydrogen-bond donors (Lipinski definition) is 1. The topological polar surface area (TPSA) is 61.9 Å². The van der Waals surface area contributed by atoms with Crippen LogP contribution in [0.4, 0.5) is 11.7 Å². The Morgan fingerprint density at radius 1 is 1.24 bits per heavy atom. The fraction of sp³-hybridized carbons (Fsp3) is 0.231. The van der Waals surface area contributed by atoms with Crippen LogP contribution in [0.5, 0.6) is 0 Å². The van der Waals surface area contributed by atoms with E-state index in [4.69, 9.17) is 9.68 Å². The summed E-state index contributed by atoms with van der Waals surface area (Å²) in [5.74, 6) is 0.529. The third-order valence-electron chi connectivity index (χ3n) is 2.62. The van der Waals surface area contributed by atoms with E-state index in [1.54, 1.807) is 6.92 Å². The molecule has 1 N–H and O–H groups in total. The predicted molar refractivity (Wildman–Crippen MR) is 65.2 cm³/mol. The molecule has 0 amide bonds. The maximum Gasteiger partial charge on any atom is 0.300 e. The number of aryl methyl sites for hydroxylation is 3. The Hall–Kier alpha value is -2.28. The quantitative estimate of drug-likeness (QED) is 0.855. The van der Waals surface area contributed by atoms with Crippen LogP contribution < -0.4 is 5.32 Å². The molecule has 2 aromatic rings. The van der Waals surface area contributed by atoms with Crippen LogP contribution >= 0.6 is 0 Å². The van der Waals surface area contributed by atoms with Crippen molar-refractivity contribution in [2.24, 2.45) is 0 Å². The first-order chi connectivity index (χ1) is 8.11. The second kappa shape index (κ2) is 4.30. The van der Waals surface area contributed by atoms with E-state index in [9.17, 15) is 0 Å². The minimum atomic E-state index is 0.318. The van der Waals surface area contributed by atoms with E-state index in [1.807, 2.05) is 38.1 Å². The zero-order valence-corrected chi connectivity index (χ0v) is 10.0. The standard InChI is InChI=1S/C13H13N3O/c1-8-5-4-6-9(2)12(8)16-13-15-11(7-14)10(3)17-13/h4-6H,1-3H3,(H,15,16). The zero-order chi connectivity index (χ0) is 12.4. The van der Waals surface area contributed by atoms with Gasteiger partial charge in [-0.05, 0) is 31.9 Å². The van der Waals surface area contributed by atoms with Gasteiger partial charge in [-0.15, -0.1) is 0 Å². The molecule has 17 heavy (non-hydrogen) atoms. The molecule has 0 aliphatic heterocycles. The highest BCUT2D eigenvalue weighted by molar-refractivity contribution is 5.62. The molecule has 0 spiro atoms. The van der Waals surface area contributed by atoms with E-state index < -0.39 is 0 Å². The summed E-state index contributed by atoms with van der Waals surface area (Å²) in [6.07, 6.45) is 0. The normalized spacial score (nSPS) is 10.0. The molecular formula is C13H13N3O. The van der Waals surface area contributed by atoms with Gasteiger partial charge in [0.1, 0.15) is 11.8 Å². The molecule has 0 aliphatic rings. The third kappa shape index (κ3) is 2.13. The second-order valence-electron chi connectivity index (χ2n) is 3.93. The summed E-state index contributed by atoms with van der Waals surface area (Å²) in [4.78, 5) is 4.07. The van der Waals surface area contributed by atoms with Gasteiger partial charge in [-0.1, -0.05) is 18.2 Å². The summed E-state index contributed by atoms with van der Waals surface area (Å²) >= 11 is 0. The van der Waals surface area contributed by atoms with Crippen molar-refractivity contribution in [3.8, 4) is 6.07 Å². The number of benzene rings is 1. The predicted octanol–water partition coefficient (Wildman–Crippen LogP) is 3.22. The minimum Gasteiger partial charge on any atom is -0.427 e. The molecule has 1 aromatic heterocycles. The molecular weight excluding hydrogens is 214 g/mol. The second-order valence-corrected chi connectivity index (χ2v) is 3.93. The molecule has 1 aromatic carbocycles. The monoisotopic (exact) mass is 227 g/mol. The van der Waals surface area contributed by atoms with Gasteiger partial charge in [0.2, 0.25) is 0 Å². The number of para-hydroxylation sites is 1. The van der Waals surface area contributed by atoms with Crippen LogP contribution in [0.15, 0.2) is 22.6 Å². The fourth-order valence-corrected chi connectivity index (χ4v) is 1.67. The highest BCUT2D eigenvalue weighted by atomic mass is 16.4. The zero-order valence-electron chi connectivity index (χ0n) is 10.0. The highest BCUT2D eigenvalue weighted by Crippen LogP contribution is 2.24. The molecule has 0 aliphatic carbocycles. The number of anilines is 2. The summed E-state index contributed by atoms with van der Waals surface area (Å²) in [7, 11) is 0. The summed E-state index contributed by atoms with van der Waals surface area (Å²) in [6, 6.07) is 8.36. The van der Waals surface area contributed by atoms with Crippen LogP contribution in [0.2, 0.25) is 0 Å². The van der Waals surface area contributed by atoms with Crippen LogP contribution in [-0.4, -0.2) is 4.98 Å². The smallest absolute Gasteiger partial charge is 0.300 e. The first-order valence-corrected chi connectivity index (χ1v) is 5.32. The van der Waals surface area contributed by atoms with Crippen molar-refractivity contribution in [2.75, 3.05) is 5.32 Å². The number of hydrogen-bond acceptors (Lipinski definition) is 4. The van der Waals surface area contributed by atoms with Gasteiger partial charge in [0.05, 0.1) is 0 Å². The number of nitrogens with one attached hydrogen (secondary N) is 1. The van der Waals surface area contributed by atoms with Gasteiger partial charge < -0.3 is 9.73 Å². The van der Waals surface area contributed by atoms with Crippen molar-refractivity contribution < 1.29 is 4.42 Å². The molecule has 4 nitrogen and oxygen atoms in total. The van der Waals surface area contributed by atoms with E-state index in [0.29, 0.717) is 17.5 Å². The van der Waals surface area contributed by atoms with Crippen LogP contribution in [-0.2, 0) is 0 Å². The van der Waals surface area contributed by atoms with Crippen molar-refractivity contribution in [2.45, 2.75) is 20.8 Å². The van der Waals surface area contributed by atoms with Gasteiger partial charge in [0.15, 0.2) is 5.69 Å². The average Bonchev–Trinajstić information content (AvgIpc) is 2.64. The van der Waals surface area contributed by atoms with Gasteiger partial charge in [0.25, 0.3) is 0 Å². The van der Waals surface area contributed by atoms with Crippen LogP contribution in [0.1, 0.15) is 22.6 Å². The lowest BCUT2D eigenvalue weighted by molar-refractivity contribution is 0.545. The Kier molecular flexibility index (Phi) is 2.84. The van der Waals surface area contributed by atoms with Crippen LogP contribution in [0.25, 0.3) is 0 Å². The lowest BCUT2D eigenvalue weighted by Crippen LogP contribution is -1.96. The van der Waals surface area contributed by atoms with Crippen molar-refractivity contribution >= 4 is 11.7 Å². The first-order valence-electron chi connectivity index (χ1n) is 5.32. The minimum absolute atomic E-state index is 0.318. The fourth-order valence-electron chi connectivity index (χ4n) is 1.67. The highest BCUT2D eigenvalue weighted by Gasteiger charge is 2.10. The molecule has 2 rings (SSSR count). The van der Waals surface area contributed by atoms with Crippen molar-refractivity contribution in [1.82, 2.24) is 4.98 Å². The van der Waals surface area contributed by atoms with Gasteiger partial charge >= 0.3 is 6.01 Å². The summed E-state index contributed by atoms with van der Waals surface area (Å²) in [5, 5.41) is 11.9. The number of oxazole rings is 1. The number of rotatable bonds is 2. The Balaban J connectivity index is 2.35. The number of nitrogens with zero attached hydrogens (tertiary/aromatic N) is 2. The summed E-state index contributed by atoms with van der Waals surface area (Å²) in [5.41, 5.74) is 3.51. The summed E-state index contributed by atoms with van der Waals surface area (Å²) in [6.45, 7) is 5.74. The van der Waals surface area contributed by atoms with Gasteiger partial charge in [0, 0.05) is 5.69 Å². The average molecular weight is 227 g/mol. The molecule has 86 valence electrons. The maximum atomic E-state index is 8.81. The Bertz CT molecular complexity index is 573. The molecule has 0 fully saturated rings. The Morgan fingerprint density at radius 3 is 2.41 bits per heavy atom. The molecule has 0 unspecified atom stereocenters. The Labute approximate surface area is 99.9 Å². The van der Waals surface area contributed by atoms with E-state index >= 15 is 0 Å². The molecule has 0 saturated carbocycles. The molecule has 1 heterocycles. The van der Waals surface area contributed by atoms with Crippen molar-refractivity contribution in [1.29, 1.82) is 5.26 Å². The lowest BCUT2D eigenvalue weighted by atomic mass is 10.1. The van der Waals surface area contributed by atoms with Gasteiger partial charge in [-0.2, -0.15) is 10.2 Å². The van der Waals surface area contributed by atoms with Gasteiger partial charge in [-0.25, -0.2) is 0 Å². The van der Waals surface area contributed by atoms with Crippen molar-refractivity contribution in [3.63, 3.8) is 0 Å². The first kappa shape index (κ1) is 11.2.